The highest BCUT2D eigenvalue weighted by Gasteiger charge is 2.20. The lowest BCUT2D eigenvalue weighted by Gasteiger charge is -2.14. The van der Waals surface area contributed by atoms with Gasteiger partial charge in [0.05, 0.1) is 0 Å². The fraction of sp³-hybridized carbons (Fsp3) is 0.500. The van der Waals surface area contributed by atoms with Crippen LogP contribution >= 0.6 is 0 Å². The third kappa shape index (κ3) is 2.97. The van der Waals surface area contributed by atoms with Crippen LogP contribution in [0.15, 0.2) is 18.2 Å². The Kier molecular flexibility index (Phi) is 4.40. The summed E-state index contributed by atoms with van der Waals surface area (Å²) < 4.78 is 2.19. The molecule has 0 amide bonds. The molecular weight excluding hydrogens is 258 g/mol. The topological polar surface area (TPSA) is 43.8 Å². The third-order valence-corrected chi connectivity index (χ3v) is 3.96. The summed E-state index contributed by atoms with van der Waals surface area (Å²) >= 11 is 0. The average molecular weight is 285 g/mol. The monoisotopic (exact) mass is 285 g/mol. The van der Waals surface area contributed by atoms with Crippen molar-refractivity contribution in [3.63, 3.8) is 0 Å². The summed E-state index contributed by atoms with van der Waals surface area (Å²) in [5, 5.41) is 0. The van der Waals surface area contributed by atoms with Gasteiger partial charge in [0, 0.05) is 18.0 Å². The molecule has 3 nitrogen and oxygen atoms in total. The molecule has 2 aromatic rings. The summed E-state index contributed by atoms with van der Waals surface area (Å²) in [5.41, 5.74) is 11.1. The van der Waals surface area contributed by atoms with Crippen molar-refractivity contribution in [2.45, 2.75) is 54.0 Å². The minimum atomic E-state index is 0.366. The molecule has 0 aliphatic rings. The number of rotatable bonds is 4. The molecule has 114 valence electrons. The molecule has 2 rings (SSSR count). The largest absolute Gasteiger partial charge is 0.383 e. The van der Waals surface area contributed by atoms with Crippen LogP contribution in [0.3, 0.4) is 0 Å². The van der Waals surface area contributed by atoms with E-state index in [0.29, 0.717) is 11.8 Å². The van der Waals surface area contributed by atoms with Crippen molar-refractivity contribution in [1.29, 1.82) is 0 Å². The van der Waals surface area contributed by atoms with Gasteiger partial charge in [-0.15, -0.1) is 0 Å². The van der Waals surface area contributed by atoms with E-state index in [-0.39, 0.29) is 0 Å². The lowest BCUT2D eigenvalue weighted by Crippen LogP contribution is -2.12. The van der Waals surface area contributed by atoms with Crippen LogP contribution in [-0.2, 0) is 6.54 Å². The molecule has 1 aromatic carbocycles. The van der Waals surface area contributed by atoms with Crippen LogP contribution in [0.1, 0.15) is 50.6 Å². The molecule has 0 bridgehead atoms. The maximum absolute atomic E-state index is 6.44. The van der Waals surface area contributed by atoms with E-state index in [0.717, 1.165) is 29.4 Å². The number of hydrogen-bond donors (Lipinski definition) is 1. The summed E-state index contributed by atoms with van der Waals surface area (Å²) in [7, 11) is 0. The average Bonchev–Trinajstić information content (AvgIpc) is 2.70. The molecule has 3 heteroatoms. The molecule has 0 saturated carbocycles. The van der Waals surface area contributed by atoms with Crippen LogP contribution in [0.5, 0.6) is 0 Å². The first-order valence-electron chi connectivity index (χ1n) is 7.75. The van der Waals surface area contributed by atoms with Crippen LogP contribution in [-0.4, -0.2) is 9.55 Å². The minimum Gasteiger partial charge on any atom is -0.383 e. The first-order chi connectivity index (χ1) is 9.82. The molecule has 1 aromatic heterocycles. The number of hydrogen-bond acceptors (Lipinski definition) is 2. The van der Waals surface area contributed by atoms with E-state index in [9.17, 15) is 0 Å². The second kappa shape index (κ2) is 5.92. The van der Waals surface area contributed by atoms with E-state index in [4.69, 9.17) is 10.7 Å². The van der Waals surface area contributed by atoms with Gasteiger partial charge in [0.15, 0.2) is 0 Å². The highest BCUT2D eigenvalue weighted by Crippen LogP contribution is 2.32. The first kappa shape index (κ1) is 15.6. The quantitative estimate of drug-likeness (QED) is 0.897. The van der Waals surface area contributed by atoms with Gasteiger partial charge in [-0.3, -0.25) is 0 Å². The molecule has 0 unspecified atom stereocenters. The molecule has 0 radical (unpaired) electrons. The molecule has 0 saturated heterocycles. The van der Waals surface area contributed by atoms with Crippen molar-refractivity contribution in [2.75, 3.05) is 5.73 Å². The van der Waals surface area contributed by atoms with Crippen molar-refractivity contribution in [1.82, 2.24) is 9.55 Å². The highest BCUT2D eigenvalue weighted by atomic mass is 15.1. The Hall–Kier alpha value is -1.77. The zero-order valence-electron chi connectivity index (χ0n) is 14.1. The van der Waals surface area contributed by atoms with Crippen molar-refractivity contribution in [3.05, 3.63) is 35.2 Å². The van der Waals surface area contributed by atoms with E-state index < -0.39 is 0 Å². The van der Waals surface area contributed by atoms with Crippen LogP contribution in [0.25, 0.3) is 11.3 Å². The number of nitrogens with two attached hydrogens (primary N) is 1. The molecule has 21 heavy (non-hydrogen) atoms. The van der Waals surface area contributed by atoms with Gasteiger partial charge in [0.2, 0.25) is 0 Å². The Bertz CT molecular complexity index is 636. The van der Waals surface area contributed by atoms with Crippen molar-refractivity contribution in [3.8, 4) is 11.3 Å². The molecule has 0 atom stereocenters. The molecule has 0 aliphatic carbocycles. The molecule has 2 N–H and O–H groups in total. The van der Waals surface area contributed by atoms with E-state index in [1.807, 2.05) is 0 Å². The summed E-state index contributed by atoms with van der Waals surface area (Å²) in [5.74, 6) is 2.79. The predicted octanol–water partition coefficient (Wildman–Crippen LogP) is 4.53. The van der Waals surface area contributed by atoms with E-state index in [2.05, 4.69) is 64.3 Å². The van der Waals surface area contributed by atoms with Crippen molar-refractivity contribution >= 4 is 5.82 Å². The smallest absolute Gasteiger partial charge is 0.131 e. The molecule has 0 spiro atoms. The number of aryl methyl sites for hydroxylation is 1. The van der Waals surface area contributed by atoms with E-state index in [1.165, 1.54) is 11.1 Å². The van der Waals surface area contributed by atoms with E-state index >= 15 is 0 Å². The standard InChI is InChI=1S/C18H27N3/c1-11(2)10-21-17(19)16(20-18(21)12(3)4)15-9-7-8-13(5)14(15)6/h7-9,11-12H,10,19H2,1-6H3. The van der Waals surface area contributed by atoms with Crippen molar-refractivity contribution in [2.24, 2.45) is 5.92 Å². The van der Waals surface area contributed by atoms with Gasteiger partial charge in [-0.2, -0.15) is 0 Å². The van der Waals surface area contributed by atoms with E-state index in [1.54, 1.807) is 0 Å². The fourth-order valence-electron chi connectivity index (χ4n) is 2.69. The van der Waals surface area contributed by atoms with Crippen LogP contribution < -0.4 is 5.73 Å². The summed E-state index contributed by atoms with van der Waals surface area (Å²) in [4.78, 5) is 4.87. The second-order valence-corrected chi connectivity index (χ2v) is 6.61. The number of nitrogens with zero attached hydrogens (tertiary/aromatic N) is 2. The van der Waals surface area contributed by atoms with Crippen LogP contribution in [0, 0.1) is 19.8 Å². The Morgan fingerprint density at radius 2 is 1.81 bits per heavy atom. The third-order valence-electron chi connectivity index (χ3n) is 3.96. The normalized spacial score (nSPS) is 11.6. The van der Waals surface area contributed by atoms with Gasteiger partial charge < -0.3 is 10.3 Å². The number of aromatic nitrogens is 2. The van der Waals surface area contributed by atoms with Gasteiger partial charge in [0.1, 0.15) is 17.3 Å². The molecule has 0 aliphatic heterocycles. The Labute approximate surface area is 128 Å². The lowest BCUT2D eigenvalue weighted by molar-refractivity contribution is 0.502. The summed E-state index contributed by atoms with van der Waals surface area (Å²) in [6, 6.07) is 6.32. The SMILES string of the molecule is Cc1cccc(-c2nc(C(C)C)n(CC(C)C)c2N)c1C. The van der Waals surface area contributed by atoms with Crippen LogP contribution in [0.4, 0.5) is 5.82 Å². The summed E-state index contributed by atoms with van der Waals surface area (Å²) in [6.07, 6.45) is 0. The Morgan fingerprint density at radius 1 is 1.14 bits per heavy atom. The first-order valence-corrected chi connectivity index (χ1v) is 7.75. The maximum Gasteiger partial charge on any atom is 0.131 e. The van der Waals surface area contributed by atoms with Gasteiger partial charge in [-0.05, 0) is 30.9 Å². The lowest BCUT2D eigenvalue weighted by atomic mass is 10.0. The van der Waals surface area contributed by atoms with Gasteiger partial charge in [-0.25, -0.2) is 4.98 Å². The van der Waals surface area contributed by atoms with Gasteiger partial charge in [-0.1, -0.05) is 45.9 Å². The van der Waals surface area contributed by atoms with Gasteiger partial charge >= 0.3 is 0 Å². The minimum absolute atomic E-state index is 0.366. The summed E-state index contributed by atoms with van der Waals surface area (Å²) in [6.45, 7) is 13.9. The highest BCUT2D eigenvalue weighted by molar-refractivity contribution is 5.74. The zero-order valence-corrected chi connectivity index (χ0v) is 14.1. The molecule has 1 heterocycles. The number of benzene rings is 1. The molecular formula is C18H27N3. The Morgan fingerprint density at radius 3 is 2.38 bits per heavy atom. The Balaban J connectivity index is 2.62. The van der Waals surface area contributed by atoms with Gasteiger partial charge in [0.25, 0.3) is 0 Å². The fourth-order valence-corrected chi connectivity index (χ4v) is 2.69. The predicted molar refractivity (Wildman–Crippen MR) is 90.5 cm³/mol. The zero-order chi connectivity index (χ0) is 15.7. The number of anilines is 1. The number of nitrogen functional groups attached to an aromatic ring is 1. The second-order valence-electron chi connectivity index (χ2n) is 6.61. The molecule has 0 fully saturated rings. The van der Waals surface area contributed by atoms with Crippen molar-refractivity contribution < 1.29 is 0 Å². The van der Waals surface area contributed by atoms with Crippen LogP contribution in [0.2, 0.25) is 0 Å². The maximum atomic E-state index is 6.44. The number of imidazole rings is 1.